The minimum Gasteiger partial charge on any atom is -0.341 e. The number of aryl methyl sites for hydroxylation is 2. The van der Waals surface area contributed by atoms with E-state index < -0.39 is 0 Å². The van der Waals surface area contributed by atoms with Gasteiger partial charge in [-0.05, 0) is 49.8 Å². The number of carbonyl (C=O) groups excluding carboxylic acids is 1. The van der Waals surface area contributed by atoms with E-state index in [-0.39, 0.29) is 5.91 Å². The monoisotopic (exact) mass is 338 g/mol. The number of hydrogen-bond donors (Lipinski definition) is 1. The summed E-state index contributed by atoms with van der Waals surface area (Å²) in [7, 11) is 0. The predicted octanol–water partition coefficient (Wildman–Crippen LogP) is 3.84. The first kappa shape index (κ1) is 17.4. The van der Waals surface area contributed by atoms with Gasteiger partial charge in [0.25, 0.3) is 5.91 Å². The number of aromatic nitrogens is 2. The Hall–Kier alpha value is -2.43. The largest absolute Gasteiger partial charge is 0.341 e. The number of hydrogen-bond acceptors (Lipinski definition) is 4. The molecule has 0 unspecified atom stereocenters. The molecule has 132 valence electrons. The van der Waals surface area contributed by atoms with E-state index in [0.29, 0.717) is 11.6 Å². The van der Waals surface area contributed by atoms with Crippen LogP contribution in [-0.2, 0) is 6.42 Å². The Balaban J connectivity index is 1.81. The summed E-state index contributed by atoms with van der Waals surface area (Å²) in [5.41, 5.74) is 3.20. The van der Waals surface area contributed by atoms with Gasteiger partial charge in [-0.15, -0.1) is 0 Å². The number of piperidine rings is 1. The van der Waals surface area contributed by atoms with Crippen molar-refractivity contribution >= 4 is 17.5 Å². The first-order chi connectivity index (χ1) is 12.1. The van der Waals surface area contributed by atoms with Gasteiger partial charge in [0.2, 0.25) is 5.95 Å². The van der Waals surface area contributed by atoms with Crippen molar-refractivity contribution in [2.75, 3.05) is 23.3 Å². The summed E-state index contributed by atoms with van der Waals surface area (Å²) in [5, 5.41) is 2.99. The van der Waals surface area contributed by atoms with E-state index in [2.05, 4.69) is 34.0 Å². The lowest BCUT2D eigenvalue weighted by molar-refractivity contribution is 0.102. The van der Waals surface area contributed by atoms with Crippen molar-refractivity contribution in [3.8, 4) is 0 Å². The van der Waals surface area contributed by atoms with E-state index in [1.807, 2.05) is 31.2 Å². The van der Waals surface area contributed by atoms with Crippen LogP contribution in [0.2, 0.25) is 0 Å². The molecule has 5 nitrogen and oxygen atoms in total. The van der Waals surface area contributed by atoms with Crippen LogP contribution in [0.25, 0.3) is 0 Å². The Morgan fingerprint density at radius 3 is 2.68 bits per heavy atom. The molecule has 1 saturated heterocycles. The lowest BCUT2D eigenvalue weighted by Gasteiger charge is -2.30. The number of para-hydroxylation sites is 1. The summed E-state index contributed by atoms with van der Waals surface area (Å²) in [5.74, 6) is 1.23. The molecular weight excluding hydrogens is 312 g/mol. The molecule has 5 heteroatoms. The van der Waals surface area contributed by atoms with Crippen LogP contribution in [0, 0.1) is 12.8 Å². The quantitative estimate of drug-likeness (QED) is 0.920. The van der Waals surface area contributed by atoms with Gasteiger partial charge in [-0.3, -0.25) is 4.79 Å². The number of nitrogens with zero attached hydrogens (tertiary/aromatic N) is 3. The van der Waals surface area contributed by atoms with E-state index in [1.165, 1.54) is 0 Å². The van der Waals surface area contributed by atoms with Gasteiger partial charge in [0.1, 0.15) is 5.69 Å². The fraction of sp³-hybridized carbons (Fsp3) is 0.450. The topological polar surface area (TPSA) is 58.1 Å². The Morgan fingerprint density at radius 1 is 1.24 bits per heavy atom. The minimum absolute atomic E-state index is 0.182. The summed E-state index contributed by atoms with van der Waals surface area (Å²) in [4.78, 5) is 24.0. The first-order valence-corrected chi connectivity index (χ1v) is 9.06. The van der Waals surface area contributed by atoms with Crippen molar-refractivity contribution in [3.63, 3.8) is 0 Å². The van der Waals surface area contributed by atoms with Crippen molar-refractivity contribution in [1.29, 1.82) is 0 Å². The average Bonchev–Trinajstić information content (AvgIpc) is 2.62. The first-order valence-electron chi connectivity index (χ1n) is 9.06. The molecule has 0 spiro atoms. The fourth-order valence-electron chi connectivity index (χ4n) is 3.16. The van der Waals surface area contributed by atoms with Gasteiger partial charge in [-0.2, -0.15) is 0 Å². The summed E-state index contributed by atoms with van der Waals surface area (Å²) < 4.78 is 0. The zero-order valence-corrected chi connectivity index (χ0v) is 15.2. The standard InChI is InChI=1S/C20H26N4O/c1-4-16-7-5-6-8-17(16)22-19(25)18-13-15(3)21-20(23-18)24-11-9-14(2)10-12-24/h5-8,13-14H,4,9-12H2,1-3H3,(H,22,25). The van der Waals surface area contributed by atoms with Crippen LogP contribution >= 0.6 is 0 Å². The second-order valence-electron chi connectivity index (χ2n) is 6.83. The van der Waals surface area contributed by atoms with E-state index >= 15 is 0 Å². The normalized spacial score (nSPS) is 15.2. The average molecular weight is 338 g/mol. The van der Waals surface area contributed by atoms with Crippen molar-refractivity contribution in [2.45, 2.75) is 40.0 Å². The Morgan fingerprint density at radius 2 is 1.96 bits per heavy atom. The van der Waals surface area contributed by atoms with Crippen LogP contribution < -0.4 is 10.2 Å². The van der Waals surface area contributed by atoms with Crippen LogP contribution in [0.3, 0.4) is 0 Å². The molecule has 1 amide bonds. The van der Waals surface area contributed by atoms with Crippen molar-refractivity contribution in [3.05, 3.63) is 47.3 Å². The van der Waals surface area contributed by atoms with Gasteiger partial charge >= 0.3 is 0 Å². The van der Waals surface area contributed by atoms with Crippen molar-refractivity contribution in [2.24, 2.45) is 5.92 Å². The molecule has 1 aromatic carbocycles. The maximum absolute atomic E-state index is 12.7. The highest BCUT2D eigenvalue weighted by Gasteiger charge is 2.20. The number of rotatable bonds is 4. The molecule has 1 aliphatic rings. The smallest absolute Gasteiger partial charge is 0.274 e. The Kier molecular flexibility index (Phi) is 5.31. The van der Waals surface area contributed by atoms with Gasteiger partial charge in [0.15, 0.2) is 0 Å². The molecule has 0 radical (unpaired) electrons. The van der Waals surface area contributed by atoms with E-state index in [4.69, 9.17) is 0 Å². The molecule has 1 N–H and O–H groups in total. The molecule has 1 aliphatic heterocycles. The molecule has 0 saturated carbocycles. The lowest BCUT2D eigenvalue weighted by Crippen LogP contribution is -2.34. The van der Waals surface area contributed by atoms with Crippen LogP contribution in [0.15, 0.2) is 30.3 Å². The van der Waals surface area contributed by atoms with Gasteiger partial charge in [-0.25, -0.2) is 9.97 Å². The maximum atomic E-state index is 12.7. The number of anilines is 2. The highest BCUT2D eigenvalue weighted by molar-refractivity contribution is 6.03. The zero-order valence-electron chi connectivity index (χ0n) is 15.2. The number of carbonyl (C=O) groups is 1. The molecular formula is C20H26N4O. The van der Waals surface area contributed by atoms with Crippen molar-refractivity contribution in [1.82, 2.24) is 9.97 Å². The van der Waals surface area contributed by atoms with Crippen molar-refractivity contribution < 1.29 is 4.79 Å². The van der Waals surface area contributed by atoms with Gasteiger partial charge in [-0.1, -0.05) is 32.0 Å². The third-order valence-corrected chi connectivity index (χ3v) is 4.79. The van der Waals surface area contributed by atoms with E-state index in [9.17, 15) is 4.79 Å². The predicted molar refractivity (Wildman–Crippen MR) is 101 cm³/mol. The molecule has 0 aliphatic carbocycles. The van der Waals surface area contributed by atoms with Gasteiger partial charge in [0.05, 0.1) is 0 Å². The van der Waals surface area contributed by atoms with Crippen LogP contribution in [0.1, 0.15) is 48.4 Å². The van der Waals surface area contributed by atoms with Crippen LogP contribution in [0.5, 0.6) is 0 Å². The van der Waals surface area contributed by atoms with Crippen LogP contribution in [0.4, 0.5) is 11.6 Å². The van der Waals surface area contributed by atoms with E-state index in [1.54, 1.807) is 6.07 Å². The molecule has 1 fully saturated rings. The SMILES string of the molecule is CCc1ccccc1NC(=O)c1cc(C)nc(N2CCC(C)CC2)n1. The fourth-order valence-corrected chi connectivity index (χ4v) is 3.16. The Bertz CT molecular complexity index is 751. The number of amides is 1. The lowest BCUT2D eigenvalue weighted by atomic mass is 10.00. The summed E-state index contributed by atoms with van der Waals surface area (Å²) in [6.45, 7) is 8.16. The third kappa shape index (κ3) is 4.16. The molecule has 2 heterocycles. The molecule has 1 aromatic heterocycles. The summed E-state index contributed by atoms with van der Waals surface area (Å²) in [6.07, 6.45) is 3.15. The maximum Gasteiger partial charge on any atom is 0.274 e. The summed E-state index contributed by atoms with van der Waals surface area (Å²) in [6, 6.07) is 9.62. The second kappa shape index (κ2) is 7.64. The zero-order chi connectivity index (χ0) is 17.8. The molecule has 2 aromatic rings. The number of benzene rings is 1. The second-order valence-corrected chi connectivity index (χ2v) is 6.83. The highest BCUT2D eigenvalue weighted by atomic mass is 16.1. The van der Waals surface area contributed by atoms with Crippen LogP contribution in [-0.4, -0.2) is 29.0 Å². The van der Waals surface area contributed by atoms with Gasteiger partial charge < -0.3 is 10.2 Å². The minimum atomic E-state index is -0.182. The molecule has 25 heavy (non-hydrogen) atoms. The molecule has 0 atom stereocenters. The Labute approximate surface area is 149 Å². The summed E-state index contributed by atoms with van der Waals surface area (Å²) >= 11 is 0. The molecule has 0 bridgehead atoms. The van der Waals surface area contributed by atoms with E-state index in [0.717, 1.165) is 55.2 Å². The highest BCUT2D eigenvalue weighted by Crippen LogP contribution is 2.21. The number of nitrogens with one attached hydrogen (secondary N) is 1. The van der Waals surface area contributed by atoms with Gasteiger partial charge in [0, 0.05) is 24.5 Å². The molecule has 3 rings (SSSR count). The third-order valence-electron chi connectivity index (χ3n) is 4.79.